The third kappa shape index (κ3) is 1.76. The Kier molecular flexibility index (Phi) is 2.37. The van der Waals surface area contributed by atoms with Crippen LogP contribution in [-0.4, -0.2) is 0 Å². The topological polar surface area (TPSA) is 0 Å². The lowest BCUT2D eigenvalue weighted by atomic mass is 10.2. The Balaban J connectivity index is 2.62. The molecule has 0 spiro atoms. The zero-order valence-electron chi connectivity index (χ0n) is 7.53. The van der Waals surface area contributed by atoms with E-state index in [0.717, 1.165) is 0 Å². The van der Waals surface area contributed by atoms with Crippen LogP contribution in [0.15, 0.2) is 41.8 Å². The molecule has 0 amide bonds. The van der Waals surface area contributed by atoms with E-state index >= 15 is 0 Å². The maximum Gasteiger partial charge on any atom is 0.238 e. The Bertz CT molecular complexity index is 444. The first-order chi connectivity index (χ1) is 6.40. The molecular formula is C12H11S+. The maximum atomic E-state index is 2.21. The molecule has 64 valence electrons. The molecule has 1 aromatic carbocycles. The van der Waals surface area contributed by atoms with Crippen molar-refractivity contribution in [1.29, 1.82) is 0 Å². The van der Waals surface area contributed by atoms with Crippen LogP contribution >= 0.6 is 11.3 Å². The number of allylic oxidation sites excluding steroid dienone is 1. The van der Waals surface area contributed by atoms with E-state index in [1.165, 1.54) is 15.6 Å². The van der Waals surface area contributed by atoms with Crippen LogP contribution in [0.4, 0.5) is 0 Å². The van der Waals surface area contributed by atoms with Crippen molar-refractivity contribution in [2.24, 2.45) is 0 Å². The molecule has 0 nitrogen and oxygen atoms in total. The molecule has 0 saturated heterocycles. The van der Waals surface area contributed by atoms with Crippen molar-refractivity contribution in [3.63, 3.8) is 0 Å². The van der Waals surface area contributed by atoms with Gasteiger partial charge in [0.1, 0.15) is 0 Å². The molecule has 1 heteroatoms. The lowest BCUT2D eigenvalue weighted by molar-refractivity contribution is 1.74. The van der Waals surface area contributed by atoms with Crippen molar-refractivity contribution in [3.05, 3.63) is 47.4 Å². The molecule has 0 aliphatic rings. The number of fused-ring (bicyclic) bond motifs is 1. The van der Waals surface area contributed by atoms with Crippen molar-refractivity contribution >= 4 is 27.5 Å². The van der Waals surface area contributed by atoms with Gasteiger partial charge in [0.15, 0.2) is 0 Å². The van der Waals surface area contributed by atoms with Crippen LogP contribution in [-0.2, 0) is 0 Å². The number of hydrogen-bond donors (Lipinski definition) is 0. The molecule has 0 radical (unpaired) electrons. The summed E-state index contributed by atoms with van der Waals surface area (Å²) in [5.41, 5.74) is 1.28. The van der Waals surface area contributed by atoms with Crippen LogP contribution in [0.2, 0.25) is 0 Å². The summed E-state index contributed by atoms with van der Waals surface area (Å²) in [6.07, 6.45) is 4.19. The number of benzene rings is 1. The Hall–Kier alpha value is -1.21. The van der Waals surface area contributed by atoms with Gasteiger partial charge in [0.05, 0.1) is 0 Å². The molecule has 13 heavy (non-hydrogen) atoms. The van der Waals surface area contributed by atoms with E-state index in [0.29, 0.717) is 0 Å². The average Bonchev–Trinajstić information content (AvgIpc) is 2.18. The van der Waals surface area contributed by atoms with Crippen molar-refractivity contribution in [3.8, 4) is 0 Å². The Morgan fingerprint density at radius 2 is 2.08 bits per heavy atom. The number of rotatable bonds is 1. The summed E-state index contributed by atoms with van der Waals surface area (Å²) in [7, 11) is 0. The SMILES string of the molecule is CC=Cc1c[s+]c2ccccc2c1. The summed E-state index contributed by atoms with van der Waals surface area (Å²) < 4.78 is 1.34. The molecule has 0 saturated carbocycles. The smallest absolute Gasteiger partial charge is 0.0869 e. The Morgan fingerprint density at radius 3 is 2.92 bits per heavy atom. The Labute approximate surface area is 82.2 Å². The fourth-order valence-electron chi connectivity index (χ4n) is 1.33. The first kappa shape index (κ1) is 8.39. The summed E-state index contributed by atoms with van der Waals surface area (Å²) in [5, 5.41) is 3.51. The molecule has 0 atom stereocenters. The van der Waals surface area contributed by atoms with Gasteiger partial charge in [-0.15, -0.1) is 0 Å². The maximum absolute atomic E-state index is 2.21. The fraction of sp³-hybridized carbons (Fsp3) is 0.0833. The van der Waals surface area contributed by atoms with Gasteiger partial charge in [-0.3, -0.25) is 0 Å². The second-order valence-corrected chi connectivity index (χ2v) is 3.83. The summed E-state index contributed by atoms with van der Waals surface area (Å²) >= 11 is 1.79. The number of hydrogen-bond acceptors (Lipinski definition) is 0. The molecule has 0 bridgehead atoms. The van der Waals surface area contributed by atoms with Crippen molar-refractivity contribution < 1.29 is 0 Å². The lowest BCUT2D eigenvalue weighted by Crippen LogP contribution is -1.71. The third-order valence-corrected chi connectivity index (χ3v) is 2.94. The lowest BCUT2D eigenvalue weighted by Gasteiger charge is -1.88. The molecule has 0 fully saturated rings. The van der Waals surface area contributed by atoms with E-state index in [1.807, 2.05) is 6.92 Å². The van der Waals surface area contributed by atoms with Crippen molar-refractivity contribution in [1.82, 2.24) is 0 Å². The van der Waals surface area contributed by atoms with Gasteiger partial charge in [-0.2, -0.15) is 0 Å². The van der Waals surface area contributed by atoms with Crippen LogP contribution in [0.5, 0.6) is 0 Å². The zero-order valence-corrected chi connectivity index (χ0v) is 8.34. The highest BCUT2D eigenvalue weighted by Crippen LogP contribution is 2.21. The van der Waals surface area contributed by atoms with Gasteiger partial charge in [-0.25, -0.2) is 0 Å². The second kappa shape index (κ2) is 3.67. The van der Waals surface area contributed by atoms with E-state index in [2.05, 4.69) is 47.9 Å². The van der Waals surface area contributed by atoms with Crippen molar-refractivity contribution in [2.45, 2.75) is 6.92 Å². The predicted octanol–water partition coefficient (Wildman–Crippen LogP) is 4.22. The van der Waals surface area contributed by atoms with E-state index in [4.69, 9.17) is 0 Å². The molecule has 0 aliphatic heterocycles. The largest absolute Gasteiger partial charge is 0.238 e. The van der Waals surface area contributed by atoms with Crippen LogP contribution in [0.3, 0.4) is 0 Å². The predicted molar refractivity (Wildman–Crippen MR) is 60.9 cm³/mol. The zero-order chi connectivity index (χ0) is 9.10. The van der Waals surface area contributed by atoms with Crippen LogP contribution in [0, 0.1) is 0 Å². The monoisotopic (exact) mass is 187 g/mol. The molecule has 0 N–H and O–H groups in total. The summed E-state index contributed by atoms with van der Waals surface area (Å²) in [5.74, 6) is 0. The fourth-order valence-corrected chi connectivity index (χ4v) is 2.16. The molecule has 2 aromatic rings. The highest BCUT2D eigenvalue weighted by Gasteiger charge is 2.03. The first-order valence-electron chi connectivity index (χ1n) is 4.33. The minimum Gasteiger partial charge on any atom is -0.0869 e. The summed E-state index contributed by atoms with van der Waals surface area (Å²) in [6.45, 7) is 2.04. The summed E-state index contributed by atoms with van der Waals surface area (Å²) in [6, 6.07) is 10.7. The van der Waals surface area contributed by atoms with Gasteiger partial charge in [0.25, 0.3) is 0 Å². The van der Waals surface area contributed by atoms with Gasteiger partial charge in [0, 0.05) is 17.0 Å². The van der Waals surface area contributed by atoms with Gasteiger partial charge in [-0.05, 0) is 19.1 Å². The molecule has 0 unspecified atom stereocenters. The van der Waals surface area contributed by atoms with E-state index < -0.39 is 0 Å². The second-order valence-electron chi connectivity index (χ2n) is 2.92. The van der Waals surface area contributed by atoms with Gasteiger partial charge in [-0.1, -0.05) is 24.3 Å². The summed E-state index contributed by atoms with van der Waals surface area (Å²) in [4.78, 5) is 0. The molecule has 0 aliphatic carbocycles. The quantitative estimate of drug-likeness (QED) is 0.586. The van der Waals surface area contributed by atoms with Crippen LogP contribution in [0.1, 0.15) is 12.5 Å². The van der Waals surface area contributed by atoms with Crippen LogP contribution in [0.25, 0.3) is 16.2 Å². The normalized spacial score (nSPS) is 11.2. The first-order valence-corrected chi connectivity index (χ1v) is 5.21. The van der Waals surface area contributed by atoms with Gasteiger partial charge < -0.3 is 0 Å². The third-order valence-electron chi connectivity index (χ3n) is 1.92. The average molecular weight is 187 g/mol. The standard InChI is InChI=1S/C12H11S/c1-2-5-10-8-11-6-3-4-7-12(11)13-9-10/h2-9H,1H3/q+1. The Morgan fingerprint density at radius 1 is 1.23 bits per heavy atom. The minimum atomic E-state index is 1.28. The van der Waals surface area contributed by atoms with Crippen molar-refractivity contribution in [2.75, 3.05) is 0 Å². The van der Waals surface area contributed by atoms with E-state index in [9.17, 15) is 0 Å². The molecular weight excluding hydrogens is 176 g/mol. The highest BCUT2D eigenvalue weighted by atomic mass is 32.1. The molecule has 1 heterocycles. The molecule has 2 rings (SSSR count). The molecule has 1 aromatic heterocycles. The van der Waals surface area contributed by atoms with Crippen LogP contribution < -0.4 is 0 Å². The van der Waals surface area contributed by atoms with Gasteiger partial charge in [0.2, 0.25) is 21.4 Å². The minimum absolute atomic E-state index is 1.28. The van der Waals surface area contributed by atoms with E-state index in [1.54, 1.807) is 11.3 Å². The van der Waals surface area contributed by atoms with E-state index in [-0.39, 0.29) is 0 Å². The van der Waals surface area contributed by atoms with Gasteiger partial charge >= 0.3 is 0 Å². The highest BCUT2D eigenvalue weighted by molar-refractivity contribution is 7.16.